The van der Waals surface area contributed by atoms with Crippen LogP contribution in [0.4, 0.5) is 0 Å². The van der Waals surface area contributed by atoms with E-state index < -0.39 is 0 Å². The first-order valence-electron chi connectivity index (χ1n) is 8.35. The second-order valence-corrected chi connectivity index (χ2v) is 7.34. The highest BCUT2D eigenvalue weighted by molar-refractivity contribution is 7.09. The van der Waals surface area contributed by atoms with Gasteiger partial charge >= 0.3 is 0 Å². The smallest absolute Gasteiger partial charge is 0.113 e. The second kappa shape index (κ2) is 7.04. The van der Waals surface area contributed by atoms with Gasteiger partial charge in [0.05, 0.1) is 11.2 Å². The molecule has 0 aliphatic heterocycles. The summed E-state index contributed by atoms with van der Waals surface area (Å²) in [4.78, 5) is 5.01. The topological polar surface area (TPSA) is 24.9 Å². The second-order valence-electron chi connectivity index (χ2n) is 6.48. The summed E-state index contributed by atoms with van der Waals surface area (Å²) in [5.74, 6) is 1.28. The van der Waals surface area contributed by atoms with Gasteiger partial charge in [0.15, 0.2) is 0 Å². The zero-order valence-corrected chi connectivity index (χ0v) is 14.4. The van der Waals surface area contributed by atoms with E-state index in [0.717, 1.165) is 12.5 Å². The Bertz CT molecular complexity index is 413. The van der Waals surface area contributed by atoms with Crippen molar-refractivity contribution >= 4 is 11.3 Å². The summed E-state index contributed by atoms with van der Waals surface area (Å²) < 4.78 is 0. The van der Waals surface area contributed by atoms with Gasteiger partial charge in [0.25, 0.3) is 0 Å². The highest BCUT2D eigenvalue weighted by Crippen LogP contribution is 2.44. The lowest BCUT2D eigenvalue weighted by atomic mass is 9.71. The number of hydrogen-bond acceptors (Lipinski definition) is 3. The summed E-state index contributed by atoms with van der Waals surface area (Å²) in [7, 11) is 0. The fourth-order valence-electron chi connectivity index (χ4n) is 3.49. The number of hydrogen-bond donors (Lipinski definition) is 1. The molecule has 2 atom stereocenters. The average Bonchev–Trinajstić information content (AvgIpc) is 2.95. The molecule has 3 heteroatoms. The number of nitrogens with one attached hydrogen (secondary N) is 1. The Labute approximate surface area is 128 Å². The molecule has 1 aliphatic rings. The molecule has 114 valence electrons. The predicted molar refractivity (Wildman–Crippen MR) is 88.4 cm³/mol. The number of rotatable bonds is 6. The van der Waals surface area contributed by atoms with Gasteiger partial charge in [-0.05, 0) is 37.6 Å². The Hall–Kier alpha value is -0.410. The molecule has 1 saturated carbocycles. The Morgan fingerprint density at radius 1 is 1.40 bits per heavy atom. The maximum absolute atomic E-state index is 5.01. The van der Waals surface area contributed by atoms with Crippen molar-refractivity contribution in [2.45, 2.75) is 77.7 Å². The minimum Gasteiger partial charge on any atom is -0.305 e. The molecule has 1 N–H and O–H groups in total. The number of thiazole rings is 1. The van der Waals surface area contributed by atoms with Gasteiger partial charge in [-0.25, -0.2) is 4.98 Å². The standard InChI is InChI=1S/C17H30N2S/c1-5-11-18-17(10-8-7-9-14(17)6-2)16-19-15(12-20-16)13(3)4/h12-14,18H,5-11H2,1-4H3. The molecule has 0 spiro atoms. The van der Waals surface area contributed by atoms with E-state index in [1.807, 2.05) is 11.3 Å². The molecule has 0 amide bonds. The van der Waals surface area contributed by atoms with E-state index in [1.165, 1.54) is 49.2 Å². The lowest BCUT2D eigenvalue weighted by Crippen LogP contribution is -2.50. The molecule has 1 aromatic rings. The molecule has 0 saturated heterocycles. The van der Waals surface area contributed by atoms with Gasteiger partial charge in [0.1, 0.15) is 5.01 Å². The first kappa shape index (κ1) is 16.0. The summed E-state index contributed by atoms with van der Waals surface area (Å²) in [6, 6.07) is 0. The number of aromatic nitrogens is 1. The monoisotopic (exact) mass is 294 g/mol. The summed E-state index contributed by atoms with van der Waals surface area (Å²) in [5, 5.41) is 7.53. The maximum Gasteiger partial charge on any atom is 0.113 e. The van der Waals surface area contributed by atoms with Crippen molar-refractivity contribution in [3.63, 3.8) is 0 Å². The molecular weight excluding hydrogens is 264 g/mol. The molecule has 2 nitrogen and oxygen atoms in total. The molecule has 1 fully saturated rings. The van der Waals surface area contributed by atoms with Crippen molar-refractivity contribution < 1.29 is 0 Å². The third kappa shape index (κ3) is 3.09. The van der Waals surface area contributed by atoms with E-state index in [2.05, 4.69) is 38.4 Å². The van der Waals surface area contributed by atoms with Gasteiger partial charge in [-0.15, -0.1) is 11.3 Å². The van der Waals surface area contributed by atoms with Gasteiger partial charge in [0.2, 0.25) is 0 Å². The quantitative estimate of drug-likeness (QED) is 0.793. The van der Waals surface area contributed by atoms with Crippen molar-refractivity contribution in [1.82, 2.24) is 10.3 Å². The SMILES string of the molecule is CCCNC1(c2nc(C(C)C)cs2)CCCCC1CC. The Balaban J connectivity index is 2.33. The van der Waals surface area contributed by atoms with E-state index in [9.17, 15) is 0 Å². The van der Waals surface area contributed by atoms with Crippen molar-refractivity contribution in [1.29, 1.82) is 0 Å². The van der Waals surface area contributed by atoms with Gasteiger partial charge < -0.3 is 5.32 Å². The van der Waals surface area contributed by atoms with Gasteiger partial charge in [-0.2, -0.15) is 0 Å². The van der Waals surface area contributed by atoms with Gasteiger partial charge in [0, 0.05) is 5.38 Å². The first-order valence-corrected chi connectivity index (χ1v) is 9.23. The van der Waals surface area contributed by atoms with Crippen LogP contribution in [0.25, 0.3) is 0 Å². The lowest BCUT2D eigenvalue weighted by molar-refractivity contribution is 0.135. The van der Waals surface area contributed by atoms with Crippen LogP contribution < -0.4 is 5.32 Å². The Morgan fingerprint density at radius 2 is 2.20 bits per heavy atom. The fraction of sp³-hybridized carbons (Fsp3) is 0.824. The largest absolute Gasteiger partial charge is 0.305 e. The van der Waals surface area contributed by atoms with E-state index >= 15 is 0 Å². The van der Waals surface area contributed by atoms with Crippen molar-refractivity contribution in [2.75, 3.05) is 6.54 Å². The summed E-state index contributed by atoms with van der Waals surface area (Å²) in [6.45, 7) is 10.2. The maximum atomic E-state index is 5.01. The summed E-state index contributed by atoms with van der Waals surface area (Å²) in [5.41, 5.74) is 1.42. The van der Waals surface area contributed by atoms with Crippen molar-refractivity contribution in [3.8, 4) is 0 Å². The molecule has 0 aromatic carbocycles. The lowest BCUT2D eigenvalue weighted by Gasteiger charge is -2.43. The van der Waals surface area contributed by atoms with Crippen LogP contribution in [0.15, 0.2) is 5.38 Å². The predicted octanol–water partition coefficient (Wildman–Crippen LogP) is 5.06. The van der Waals surface area contributed by atoms with Crippen molar-refractivity contribution in [2.24, 2.45) is 5.92 Å². The molecule has 1 aromatic heterocycles. The van der Waals surface area contributed by atoms with Gasteiger partial charge in [-0.3, -0.25) is 0 Å². The van der Waals surface area contributed by atoms with E-state index in [-0.39, 0.29) is 5.54 Å². The number of nitrogens with zero attached hydrogens (tertiary/aromatic N) is 1. The van der Waals surface area contributed by atoms with E-state index in [4.69, 9.17) is 4.98 Å². The molecular formula is C17H30N2S. The van der Waals surface area contributed by atoms with Crippen LogP contribution in [-0.2, 0) is 5.54 Å². The first-order chi connectivity index (χ1) is 9.64. The highest BCUT2D eigenvalue weighted by Gasteiger charge is 2.43. The third-order valence-corrected chi connectivity index (χ3v) is 5.79. The third-order valence-electron chi connectivity index (χ3n) is 4.75. The van der Waals surface area contributed by atoms with Crippen LogP contribution in [0, 0.1) is 5.92 Å². The van der Waals surface area contributed by atoms with Crippen LogP contribution in [0.5, 0.6) is 0 Å². The zero-order chi connectivity index (χ0) is 14.6. The minimum atomic E-state index is 0.154. The fourth-order valence-corrected chi connectivity index (χ4v) is 4.76. The molecule has 20 heavy (non-hydrogen) atoms. The van der Waals surface area contributed by atoms with E-state index in [0.29, 0.717) is 5.92 Å². The molecule has 1 aliphatic carbocycles. The van der Waals surface area contributed by atoms with Crippen LogP contribution in [0.3, 0.4) is 0 Å². The van der Waals surface area contributed by atoms with Crippen molar-refractivity contribution in [3.05, 3.63) is 16.1 Å². The van der Waals surface area contributed by atoms with Crippen LogP contribution in [0.1, 0.15) is 82.8 Å². The molecule has 2 rings (SSSR count). The average molecular weight is 295 g/mol. The highest BCUT2D eigenvalue weighted by atomic mass is 32.1. The van der Waals surface area contributed by atoms with Crippen LogP contribution in [-0.4, -0.2) is 11.5 Å². The van der Waals surface area contributed by atoms with Crippen LogP contribution in [0.2, 0.25) is 0 Å². The zero-order valence-electron chi connectivity index (χ0n) is 13.5. The van der Waals surface area contributed by atoms with E-state index in [1.54, 1.807) is 0 Å². The molecule has 2 unspecified atom stereocenters. The minimum absolute atomic E-state index is 0.154. The molecule has 0 bridgehead atoms. The normalized spacial score (nSPS) is 27.1. The Kier molecular flexibility index (Phi) is 5.62. The molecule has 0 radical (unpaired) electrons. The summed E-state index contributed by atoms with van der Waals surface area (Å²) >= 11 is 1.88. The van der Waals surface area contributed by atoms with Gasteiger partial charge in [-0.1, -0.05) is 47.0 Å². The Morgan fingerprint density at radius 3 is 2.80 bits per heavy atom. The summed E-state index contributed by atoms with van der Waals surface area (Å²) in [6.07, 6.45) is 7.79. The van der Waals surface area contributed by atoms with Crippen LogP contribution >= 0.6 is 11.3 Å². The molecule has 1 heterocycles.